The maximum Gasteiger partial charge on any atom is 0.329 e. The molecule has 96 valence electrons. The van der Waals surface area contributed by atoms with Crippen LogP contribution in [0.25, 0.3) is 0 Å². The van der Waals surface area contributed by atoms with Gasteiger partial charge in [-0.2, -0.15) is 0 Å². The van der Waals surface area contributed by atoms with Crippen LogP contribution >= 0.6 is 0 Å². The van der Waals surface area contributed by atoms with E-state index in [4.69, 9.17) is 0 Å². The van der Waals surface area contributed by atoms with Crippen LogP contribution in [0.15, 0.2) is 24.4 Å². The number of carbonyl (C=O) groups is 2. The minimum atomic E-state index is -1.06. The number of carbonyl (C=O) groups excluding carboxylic acids is 1. The number of nitrogens with zero attached hydrogens (tertiary/aromatic N) is 2. The molecule has 1 aromatic heterocycles. The zero-order valence-corrected chi connectivity index (χ0v) is 10.3. The maximum absolute atomic E-state index is 12.2. The monoisotopic (exact) mass is 248 g/mol. The predicted octanol–water partition coefficient (Wildman–Crippen LogP) is 1.09. The van der Waals surface area contributed by atoms with Crippen LogP contribution in [-0.2, 0) is 16.0 Å². The average molecular weight is 248 g/mol. The van der Waals surface area contributed by atoms with E-state index in [-0.39, 0.29) is 12.3 Å². The van der Waals surface area contributed by atoms with Crippen molar-refractivity contribution in [3.63, 3.8) is 0 Å². The van der Waals surface area contributed by atoms with E-state index >= 15 is 0 Å². The molecule has 1 fully saturated rings. The quantitative estimate of drug-likeness (QED) is 0.869. The molecule has 1 atom stereocenters. The van der Waals surface area contributed by atoms with Gasteiger partial charge in [-0.1, -0.05) is 6.07 Å². The molecule has 0 radical (unpaired) electrons. The van der Waals surface area contributed by atoms with Crippen LogP contribution in [0.3, 0.4) is 0 Å². The van der Waals surface area contributed by atoms with Crippen molar-refractivity contribution in [2.75, 3.05) is 6.54 Å². The summed E-state index contributed by atoms with van der Waals surface area (Å²) in [5, 5.41) is 9.25. The van der Waals surface area contributed by atoms with Crippen LogP contribution in [0.4, 0.5) is 0 Å². The molecule has 1 aromatic rings. The number of pyridine rings is 1. The number of carboxylic acid groups (broad SMARTS) is 1. The first-order chi connectivity index (χ1) is 8.54. The first-order valence-electron chi connectivity index (χ1n) is 5.98. The predicted molar refractivity (Wildman–Crippen MR) is 64.9 cm³/mol. The van der Waals surface area contributed by atoms with Gasteiger partial charge < -0.3 is 10.0 Å². The second-order valence-corrected chi connectivity index (χ2v) is 4.73. The van der Waals surface area contributed by atoms with Gasteiger partial charge in [0.2, 0.25) is 5.91 Å². The van der Waals surface area contributed by atoms with Crippen molar-refractivity contribution in [3.8, 4) is 0 Å². The van der Waals surface area contributed by atoms with Gasteiger partial charge in [0.25, 0.3) is 0 Å². The van der Waals surface area contributed by atoms with Gasteiger partial charge in [-0.25, -0.2) is 4.79 Å². The number of hydrogen-bond donors (Lipinski definition) is 1. The van der Waals surface area contributed by atoms with Gasteiger partial charge >= 0.3 is 5.97 Å². The van der Waals surface area contributed by atoms with E-state index in [1.54, 1.807) is 25.3 Å². The van der Waals surface area contributed by atoms with Crippen LogP contribution in [-0.4, -0.2) is 39.0 Å². The van der Waals surface area contributed by atoms with Gasteiger partial charge in [-0.15, -0.1) is 0 Å². The summed E-state index contributed by atoms with van der Waals surface area (Å²) in [6, 6.07) is 5.37. The Labute approximate surface area is 105 Å². The van der Waals surface area contributed by atoms with Gasteiger partial charge in [0.1, 0.15) is 5.54 Å². The highest BCUT2D eigenvalue weighted by atomic mass is 16.4. The molecule has 1 saturated heterocycles. The highest BCUT2D eigenvalue weighted by molar-refractivity contribution is 5.88. The van der Waals surface area contributed by atoms with Crippen LogP contribution in [0.5, 0.6) is 0 Å². The van der Waals surface area contributed by atoms with Crippen LogP contribution in [0.1, 0.15) is 25.5 Å². The van der Waals surface area contributed by atoms with Crippen molar-refractivity contribution < 1.29 is 14.7 Å². The molecule has 1 unspecified atom stereocenters. The van der Waals surface area contributed by atoms with E-state index in [2.05, 4.69) is 4.98 Å². The summed E-state index contributed by atoms with van der Waals surface area (Å²) in [6.45, 7) is 2.12. The Kier molecular flexibility index (Phi) is 3.32. The lowest BCUT2D eigenvalue weighted by atomic mass is 9.99. The summed E-state index contributed by atoms with van der Waals surface area (Å²) in [5.41, 5.74) is -0.395. The van der Waals surface area contributed by atoms with Gasteiger partial charge in [0.15, 0.2) is 0 Å². The third-order valence-electron chi connectivity index (χ3n) is 3.46. The zero-order valence-electron chi connectivity index (χ0n) is 10.3. The Morgan fingerprint density at radius 3 is 2.89 bits per heavy atom. The van der Waals surface area contributed by atoms with E-state index in [0.29, 0.717) is 18.7 Å². The highest BCUT2D eigenvalue weighted by Gasteiger charge is 2.45. The summed E-state index contributed by atoms with van der Waals surface area (Å²) in [7, 11) is 0. The average Bonchev–Trinajstić information content (AvgIpc) is 2.74. The molecule has 1 N–H and O–H groups in total. The van der Waals surface area contributed by atoms with Crippen molar-refractivity contribution in [2.24, 2.45) is 0 Å². The molecule has 0 aromatic carbocycles. The number of aliphatic carboxylic acids is 1. The fraction of sp³-hybridized carbons (Fsp3) is 0.462. The Morgan fingerprint density at radius 1 is 1.50 bits per heavy atom. The van der Waals surface area contributed by atoms with Crippen molar-refractivity contribution in [2.45, 2.75) is 31.7 Å². The lowest BCUT2D eigenvalue weighted by Crippen LogP contribution is -2.51. The molecule has 0 spiro atoms. The normalized spacial score (nSPS) is 23.1. The van der Waals surface area contributed by atoms with E-state index in [9.17, 15) is 14.7 Å². The van der Waals surface area contributed by atoms with Gasteiger partial charge in [0.05, 0.1) is 6.42 Å². The molecule has 2 rings (SSSR count). The molecule has 1 amide bonds. The zero-order chi connectivity index (χ0) is 13.2. The lowest BCUT2D eigenvalue weighted by molar-refractivity contribution is -0.155. The number of carboxylic acids is 1. The molecule has 5 nitrogen and oxygen atoms in total. The summed E-state index contributed by atoms with van der Waals surface area (Å²) in [5.74, 6) is -1.11. The van der Waals surface area contributed by atoms with E-state index in [0.717, 1.165) is 6.42 Å². The Morgan fingerprint density at radius 2 is 2.28 bits per heavy atom. The van der Waals surface area contributed by atoms with E-state index in [1.165, 1.54) is 4.90 Å². The molecule has 2 heterocycles. The fourth-order valence-electron chi connectivity index (χ4n) is 2.34. The largest absolute Gasteiger partial charge is 0.480 e. The van der Waals surface area contributed by atoms with Gasteiger partial charge in [-0.05, 0) is 31.9 Å². The number of amides is 1. The maximum atomic E-state index is 12.2. The highest BCUT2D eigenvalue weighted by Crippen LogP contribution is 2.29. The summed E-state index contributed by atoms with van der Waals surface area (Å²) < 4.78 is 0. The van der Waals surface area contributed by atoms with E-state index < -0.39 is 11.5 Å². The molecule has 0 aliphatic carbocycles. The smallest absolute Gasteiger partial charge is 0.329 e. The standard InChI is InChI=1S/C13H16N2O3/c1-13(12(17)18)6-4-8-15(13)11(16)9-10-5-2-3-7-14-10/h2-3,5,7H,4,6,8-9H2,1H3,(H,17,18). The van der Waals surface area contributed by atoms with Crippen LogP contribution in [0.2, 0.25) is 0 Å². The SMILES string of the molecule is CC1(C(=O)O)CCCN1C(=O)Cc1ccccn1. The molecule has 18 heavy (non-hydrogen) atoms. The summed E-state index contributed by atoms with van der Waals surface area (Å²) in [6.07, 6.45) is 3.03. The van der Waals surface area contributed by atoms with Crippen molar-refractivity contribution in [3.05, 3.63) is 30.1 Å². The summed E-state index contributed by atoms with van der Waals surface area (Å²) in [4.78, 5) is 29.0. The first kappa shape index (κ1) is 12.5. The molecule has 0 saturated carbocycles. The second kappa shape index (κ2) is 4.76. The molecular weight excluding hydrogens is 232 g/mol. The fourth-order valence-corrected chi connectivity index (χ4v) is 2.34. The Bertz CT molecular complexity index is 461. The van der Waals surface area contributed by atoms with Crippen molar-refractivity contribution >= 4 is 11.9 Å². The van der Waals surface area contributed by atoms with Crippen molar-refractivity contribution in [1.82, 2.24) is 9.88 Å². The Balaban J connectivity index is 2.12. The van der Waals surface area contributed by atoms with Crippen LogP contribution < -0.4 is 0 Å². The third-order valence-corrected chi connectivity index (χ3v) is 3.46. The van der Waals surface area contributed by atoms with Gasteiger partial charge in [-0.3, -0.25) is 9.78 Å². The topological polar surface area (TPSA) is 70.5 Å². The van der Waals surface area contributed by atoms with Crippen LogP contribution in [0, 0.1) is 0 Å². The number of likely N-dealkylation sites (tertiary alicyclic amines) is 1. The summed E-state index contributed by atoms with van der Waals surface area (Å²) >= 11 is 0. The van der Waals surface area contributed by atoms with Gasteiger partial charge in [0, 0.05) is 18.4 Å². The Hall–Kier alpha value is -1.91. The number of hydrogen-bond acceptors (Lipinski definition) is 3. The van der Waals surface area contributed by atoms with Crippen molar-refractivity contribution in [1.29, 1.82) is 0 Å². The molecule has 0 bridgehead atoms. The molecule has 1 aliphatic heterocycles. The number of rotatable bonds is 3. The van der Waals surface area contributed by atoms with E-state index in [1.807, 2.05) is 6.07 Å². The first-order valence-corrected chi connectivity index (χ1v) is 5.98. The lowest BCUT2D eigenvalue weighted by Gasteiger charge is -2.31. The third kappa shape index (κ3) is 2.20. The molecular formula is C13H16N2O3. The minimum Gasteiger partial charge on any atom is -0.480 e. The number of aromatic nitrogens is 1. The minimum absolute atomic E-state index is 0.156. The molecule has 1 aliphatic rings. The second-order valence-electron chi connectivity index (χ2n) is 4.73. The molecule has 5 heteroatoms.